The van der Waals surface area contributed by atoms with Crippen molar-refractivity contribution in [1.29, 1.82) is 0 Å². The van der Waals surface area contributed by atoms with Gasteiger partial charge in [0.15, 0.2) is 0 Å². The van der Waals surface area contributed by atoms with Gasteiger partial charge in [-0.15, -0.1) is 0 Å². The highest BCUT2D eigenvalue weighted by Crippen LogP contribution is 2.33. The Kier molecular flexibility index (Phi) is 3.83. The lowest BCUT2D eigenvalue weighted by Gasteiger charge is -2.30. The van der Waals surface area contributed by atoms with Crippen molar-refractivity contribution in [2.24, 2.45) is 0 Å². The number of hydrogen-bond donors (Lipinski definition) is 3. The van der Waals surface area contributed by atoms with Crippen molar-refractivity contribution >= 4 is 23.8 Å². The maximum atomic E-state index is 12.1. The number of hydroxylamine groups is 2. The van der Waals surface area contributed by atoms with Gasteiger partial charge < -0.3 is 20.3 Å². The van der Waals surface area contributed by atoms with E-state index in [0.717, 1.165) is 0 Å². The molecule has 116 valence electrons. The monoisotopic (exact) mass is 302 g/mol. The first kappa shape index (κ1) is 15.2. The maximum absolute atomic E-state index is 12.1. The average Bonchev–Trinajstić information content (AvgIpc) is 2.95. The molecule has 3 unspecified atom stereocenters. The molecule has 0 spiro atoms. The molecule has 0 radical (unpaired) electrons. The van der Waals surface area contributed by atoms with Crippen LogP contribution < -0.4 is 5.32 Å². The number of aliphatic hydroxyl groups is 1. The lowest BCUT2D eigenvalue weighted by atomic mass is 10.1. The van der Waals surface area contributed by atoms with E-state index in [1.54, 1.807) is 0 Å². The number of carbonyl (C=O) groups is 4. The molecule has 2 aliphatic heterocycles. The summed E-state index contributed by atoms with van der Waals surface area (Å²) in [6.07, 6.45) is -1.74. The Morgan fingerprint density at radius 1 is 1.48 bits per heavy atom. The highest BCUT2D eigenvalue weighted by Gasteiger charge is 2.59. The van der Waals surface area contributed by atoms with Gasteiger partial charge in [-0.05, 0) is 6.92 Å². The van der Waals surface area contributed by atoms with Crippen molar-refractivity contribution in [2.75, 3.05) is 6.61 Å². The molecule has 2 rings (SSSR count). The summed E-state index contributed by atoms with van der Waals surface area (Å²) in [5.74, 6) is -3.96. The quantitative estimate of drug-likeness (QED) is 0.494. The normalized spacial score (nSPS) is 30.2. The van der Waals surface area contributed by atoms with Crippen molar-refractivity contribution < 1.29 is 39.0 Å². The van der Waals surface area contributed by atoms with Crippen molar-refractivity contribution in [3.05, 3.63) is 0 Å². The zero-order valence-electron chi connectivity index (χ0n) is 11.1. The van der Waals surface area contributed by atoms with Crippen LogP contribution in [-0.4, -0.2) is 63.5 Å². The van der Waals surface area contributed by atoms with Gasteiger partial charge in [0, 0.05) is 6.42 Å². The topological polar surface area (TPSA) is 142 Å². The van der Waals surface area contributed by atoms with E-state index in [-0.39, 0.29) is 19.4 Å². The number of esters is 1. The molecule has 0 aromatic carbocycles. The van der Waals surface area contributed by atoms with E-state index < -0.39 is 41.6 Å². The van der Waals surface area contributed by atoms with E-state index in [1.807, 2.05) is 0 Å². The van der Waals surface area contributed by atoms with Crippen molar-refractivity contribution in [3.63, 3.8) is 0 Å². The molecule has 21 heavy (non-hydrogen) atoms. The molecule has 0 aliphatic carbocycles. The van der Waals surface area contributed by atoms with Gasteiger partial charge in [0.1, 0.15) is 18.8 Å². The minimum atomic E-state index is -2.21. The van der Waals surface area contributed by atoms with Crippen LogP contribution >= 0.6 is 0 Å². The molecule has 0 bridgehead atoms. The van der Waals surface area contributed by atoms with Crippen molar-refractivity contribution in [3.8, 4) is 0 Å². The van der Waals surface area contributed by atoms with Crippen LogP contribution in [0.3, 0.4) is 0 Å². The molecule has 2 fully saturated rings. The number of hydrogen-bond acceptors (Lipinski definition) is 7. The first-order valence-electron chi connectivity index (χ1n) is 6.18. The highest BCUT2D eigenvalue weighted by molar-refractivity contribution is 5.94. The van der Waals surface area contributed by atoms with Crippen LogP contribution in [0.5, 0.6) is 0 Å². The molecule has 2 saturated heterocycles. The number of carbonyl (C=O) groups excluding carboxylic acids is 3. The van der Waals surface area contributed by atoms with Crippen LogP contribution in [-0.2, 0) is 28.8 Å². The number of aliphatic carboxylic acids is 1. The largest absolute Gasteiger partial charge is 0.477 e. The molecule has 10 nitrogen and oxygen atoms in total. The molecule has 10 heteroatoms. The smallest absolute Gasteiger partial charge is 0.372 e. The highest BCUT2D eigenvalue weighted by atomic mass is 16.7. The molecular weight excluding hydrogens is 288 g/mol. The predicted octanol–water partition coefficient (Wildman–Crippen LogP) is -2.26. The SMILES string of the molecule is CC(O)C(=O)NC1CON(C2(C(=O)O)CCC(=O)O2)C1=O. The Hall–Kier alpha value is -2.20. The van der Waals surface area contributed by atoms with Gasteiger partial charge in [0.05, 0.1) is 6.42 Å². The lowest BCUT2D eigenvalue weighted by Crippen LogP contribution is -2.57. The molecular formula is C11H14N2O8. The van der Waals surface area contributed by atoms with Gasteiger partial charge in [0.25, 0.3) is 5.91 Å². The number of cyclic esters (lactones) is 1. The molecule has 0 aromatic heterocycles. The molecule has 0 aromatic rings. The van der Waals surface area contributed by atoms with Crippen molar-refractivity contribution in [2.45, 2.75) is 37.6 Å². The van der Waals surface area contributed by atoms with E-state index in [4.69, 9.17) is 14.7 Å². The Morgan fingerprint density at radius 3 is 2.62 bits per heavy atom. The summed E-state index contributed by atoms with van der Waals surface area (Å²) in [5, 5.41) is 21.0. The van der Waals surface area contributed by atoms with E-state index in [9.17, 15) is 24.3 Å². The summed E-state index contributed by atoms with van der Waals surface area (Å²) >= 11 is 0. The summed E-state index contributed by atoms with van der Waals surface area (Å²) in [5.41, 5.74) is -2.21. The number of ether oxygens (including phenoxy) is 1. The summed E-state index contributed by atoms with van der Waals surface area (Å²) in [6, 6.07) is -1.15. The zero-order valence-corrected chi connectivity index (χ0v) is 11.1. The Bertz CT molecular complexity index is 504. The van der Waals surface area contributed by atoms with Crippen LogP contribution in [0.15, 0.2) is 0 Å². The summed E-state index contributed by atoms with van der Waals surface area (Å²) in [4.78, 5) is 51.0. The number of carboxylic acid groups (broad SMARTS) is 1. The fraction of sp³-hybridized carbons (Fsp3) is 0.636. The van der Waals surface area contributed by atoms with Gasteiger partial charge in [-0.25, -0.2) is 4.79 Å². The first-order chi connectivity index (χ1) is 9.78. The van der Waals surface area contributed by atoms with Gasteiger partial charge in [-0.2, -0.15) is 5.06 Å². The van der Waals surface area contributed by atoms with Crippen molar-refractivity contribution in [1.82, 2.24) is 10.4 Å². The number of amides is 2. The second-order valence-electron chi connectivity index (χ2n) is 4.73. The third-order valence-electron chi connectivity index (χ3n) is 3.18. The Morgan fingerprint density at radius 2 is 2.14 bits per heavy atom. The van der Waals surface area contributed by atoms with Crippen LogP contribution in [0.25, 0.3) is 0 Å². The Balaban J connectivity index is 2.15. The third-order valence-corrected chi connectivity index (χ3v) is 3.18. The number of nitrogens with one attached hydrogen (secondary N) is 1. The molecule has 2 aliphatic rings. The van der Waals surface area contributed by atoms with Crippen LogP contribution in [0.2, 0.25) is 0 Å². The molecule has 2 heterocycles. The Labute approximate surface area is 118 Å². The fourth-order valence-electron chi connectivity index (χ4n) is 2.05. The number of carboxylic acids is 1. The van der Waals surface area contributed by atoms with Gasteiger partial charge in [-0.1, -0.05) is 0 Å². The van der Waals surface area contributed by atoms with Gasteiger partial charge >= 0.3 is 17.7 Å². The van der Waals surface area contributed by atoms with Crippen LogP contribution in [0.4, 0.5) is 0 Å². The number of aliphatic hydroxyl groups excluding tert-OH is 1. The predicted molar refractivity (Wildman–Crippen MR) is 62.1 cm³/mol. The summed E-state index contributed by atoms with van der Waals surface area (Å²) < 4.78 is 4.75. The lowest BCUT2D eigenvalue weighted by molar-refractivity contribution is -0.256. The van der Waals surface area contributed by atoms with E-state index in [1.165, 1.54) is 6.92 Å². The van der Waals surface area contributed by atoms with E-state index in [2.05, 4.69) is 5.32 Å². The third kappa shape index (κ3) is 2.54. The second kappa shape index (κ2) is 5.30. The van der Waals surface area contributed by atoms with E-state index >= 15 is 0 Å². The first-order valence-corrected chi connectivity index (χ1v) is 6.18. The summed E-state index contributed by atoms with van der Waals surface area (Å²) in [6.45, 7) is 0.898. The molecule has 2 amide bonds. The second-order valence-corrected chi connectivity index (χ2v) is 4.73. The van der Waals surface area contributed by atoms with Gasteiger partial charge in [-0.3, -0.25) is 19.2 Å². The molecule has 3 atom stereocenters. The summed E-state index contributed by atoms with van der Waals surface area (Å²) in [7, 11) is 0. The minimum Gasteiger partial charge on any atom is -0.477 e. The van der Waals surface area contributed by atoms with Crippen LogP contribution in [0.1, 0.15) is 19.8 Å². The molecule has 3 N–H and O–H groups in total. The fourth-order valence-corrected chi connectivity index (χ4v) is 2.05. The average molecular weight is 302 g/mol. The van der Waals surface area contributed by atoms with Crippen LogP contribution in [0, 0.1) is 0 Å². The number of rotatable bonds is 4. The zero-order chi connectivity index (χ0) is 15.8. The molecule has 0 saturated carbocycles. The maximum Gasteiger partial charge on any atom is 0.372 e. The van der Waals surface area contributed by atoms with Gasteiger partial charge in [0.2, 0.25) is 5.91 Å². The number of nitrogens with zero attached hydrogens (tertiary/aromatic N) is 1. The van der Waals surface area contributed by atoms with E-state index in [0.29, 0.717) is 5.06 Å². The minimum absolute atomic E-state index is 0.163. The standard InChI is InChI=1S/C11H14N2O8/c1-5(14)8(16)12-6-4-20-13(9(6)17)11(10(18)19)3-2-7(15)21-11/h5-6,14H,2-4H2,1H3,(H,12,16)(H,18,19).